The van der Waals surface area contributed by atoms with Gasteiger partial charge in [0.15, 0.2) is 0 Å². The quantitative estimate of drug-likeness (QED) is 0.311. The average molecular weight is 325 g/mol. The van der Waals surface area contributed by atoms with Gasteiger partial charge in [0.2, 0.25) is 0 Å². The van der Waals surface area contributed by atoms with Gasteiger partial charge in [0.25, 0.3) is 0 Å². The van der Waals surface area contributed by atoms with E-state index in [1.165, 1.54) is 6.42 Å². The van der Waals surface area contributed by atoms with E-state index >= 15 is 0 Å². The van der Waals surface area contributed by atoms with E-state index in [-0.39, 0.29) is 14.9 Å². The summed E-state index contributed by atoms with van der Waals surface area (Å²) in [7, 11) is 5.72. The molecule has 0 saturated carbocycles. The molecule has 6 nitrogen and oxygen atoms in total. The van der Waals surface area contributed by atoms with Gasteiger partial charge in [-0.05, 0) is 86.2 Å². The van der Waals surface area contributed by atoms with Gasteiger partial charge in [0.1, 0.15) is 0 Å². The van der Waals surface area contributed by atoms with Crippen LogP contribution in [0.2, 0.25) is 0 Å². The molecule has 0 aliphatic heterocycles. The van der Waals surface area contributed by atoms with E-state index in [1.807, 2.05) is 21.1 Å². The molecule has 8 N–H and O–H groups in total. The largest absolute Gasteiger partial charge is 0.330 e. The lowest BCUT2D eigenvalue weighted by atomic mass is 10.4. The van der Waals surface area contributed by atoms with Gasteiger partial charge >= 0.3 is 0 Å². The minimum atomic E-state index is 0. The lowest BCUT2D eigenvalue weighted by molar-refractivity contribution is 0.610. The Morgan fingerprint density at radius 1 is 0.682 bits per heavy atom. The fraction of sp³-hybridized carbons (Fsp3) is 1.00. The predicted molar refractivity (Wildman–Crippen MR) is 106 cm³/mol. The van der Waals surface area contributed by atoms with Crippen molar-refractivity contribution in [2.75, 3.05) is 67.0 Å². The Morgan fingerprint density at radius 2 is 1.09 bits per heavy atom. The molecule has 22 heavy (non-hydrogen) atoms. The third-order valence-electron chi connectivity index (χ3n) is 2.15. The molecule has 142 valence electrons. The first kappa shape index (κ1) is 33.4. The molecule has 0 aromatic rings. The van der Waals surface area contributed by atoms with Crippen LogP contribution in [-0.4, -0.2) is 67.0 Å². The molecule has 0 aliphatic carbocycles. The molecule has 0 aromatic heterocycles. The van der Waals surface area contributed by atoms with Crippen molar-refractivity contribution >= 4 is 0 Å². The van der Waals surface area contributed by atoms with E-state index in [1.54, 1.807) is 0 Å². The Labute approximate surface area is 141 Å². The van der Waals surface area contributed by atoms with E-state index in [0.717, 1.165) is 58.7 Å². The Morgan fingerprint density at radius 3 is 1.45 bits per heavy atom. The average Bonchev–Trinajstić information content (AvgIpc) is 2.45. The summed E-state index contributed by atoms with van der Waals surface area (Å²) < 4.78 is 0. The highest BCUT2D eigenvalue weighted by atomic mass is 14.9. The summed E-state index contributed by atoms with van der Waals surface area (Å²) >= 11 is 0. The zero-order valence-corrected chi connectivity index (χ0v) is 14.2. The Hall–Kier alpha value is -0.240. The number of nitrogens with two attached hydrogens (primary N) is 2. The van der Waals surface area contributed by atoms with Gasteiger partial charge in [-0.15, -0.1) is 0 Å². The van der Waals surface area contributed by atoms with Gasteiger partial charge < -0.3 is 32.7 Å². The van der Waals surface area contributed by atoms with E-state index in [9.17, 15) is 0 Å². The number of rotatable bonds is 11. The first-order valence-corrected chi connectivity index (χ1v) is 7.79. The van der Waals surface area contributed by atoms with Gasteiger partial charge in [-0.25, -0.2) is 0 Å². The maximum atomic E-state index is 5.32. The number of nitrogens with one attached hydrogen (secondary N) is 4. The summed E-state index contributed by atoms with van der Waals surface area (Å²) in [5.74, 6) is 0. The molecule has 0 aliphatic rings. The first-order chi connectivity index (χ1) is 9.74. The maximum absolute atomic E-state index is 5.32. The molecule has 0 unspecified atom stereocenters. The zero-order valence-electron chi connectivity index (χ0n) is 14.2. The molecular formula is C16H48N6. The van der Waals surface area contributed by atoms with E-state index in [0.29, 0.717) is 0 Å². The Balaban J connectivity index is -0.0000000711. The lowest BCUT2D eigenvalue weighted by Gasteiger charge is -2.01. The summed E-state index contributed by atoms with van der Waals surface area (Å²) in [6.07, 6.45) is 3.37. The van der Waals surface area contributed by atoms with Crippen LogP contribution in [0.1, 0.15) is 41.0 Å². The monoisotopic (exact) mass is 324 g/mol. The third kappa shape index (κ3) is 60.1. The lowest BCUT2D eigenvalue weighted by Crippen LogP contribution is -2.22. The Bertz CT molecular complexity index is 113. The summed E-state index contributed by atoms with van der Waals surface area (Å²) in [4.78, 5) is 0. The minimum Gasteiger partial charge on any atom is -0.330 e. The summed E-state index contributed by atoms with van der Waals surface area (Å²) in [5, 5.41) is 12.3. The highest BCUT2D eigenvalue weighted by molar-refractivity contribution is 4.49. The van der Waals surface area contributed by atoms with Crippen molar-refractivity contribution in [3.63, 3.8) is 0 Å². The molecule has 0 radical (unpaired) electrons. The van der Waals surface area contributed by atoms with Crippen LogP contribution >= 0.6 is 0 Å². The second kappa shape index (κ2) is 42.8. The third-order valence-corrected chi connectivity index (χ3v) is 2.15. The van der Waals surface area contributed by atoms with E-state index < -0.39 is 0 Å². The van der Waals surface area contributed by atoms with Crippen LogP contribution in [0.3, 0.4) is 0 Å². The highest BCUT2D eigenvalue weighted by Crippen LogP contribution is 1.73. The molecule has 0 aromatic carbocycles. The zero-order chi connectivity index (χ0) is 15.9. The van der Waals surface area contributed by atoms with Crippen LogP contribution in [0.25, 0.3) is 0 Å². The van der Waals surface area contributed by atoms with Crippen molar-refractivity contribution in [1.82, 2.24) is 21.3 Å². The molecule has 0 atom stereocenters. The van der Waals surface area contributed by atoms with Gasteiger partial charge in [-0.3, -0.25) is 0 Å². The molecule has 6 heteroatoms. The second-order valence-electron chi connectivity index (χ2n) is 4.35. The van der Waals surface area contributed by atoms with Crippen molar-refractivity contribution in [2.45, 2.75) is 41.0 Å². The van der Waals surface area contributed by atoms with Crippen LogP contribution in [-0.2, 0) is 0 Å². The van der Waals surface area contributed by atoms with Crippen molar-refractivity contribution in [1.29, 1.82) is 0 Å². The molecule has 0 spiro atoms. The summed E-state index contributed by atoms with van der Waals surface area (Å²) in [5.41, 5.74) is 10.5. The standard InChI is InChI=1S/C7H19N3.C5H14N2.C2H7N.2CH4/c1-9-5-3-7-10-6-2-4-8;1-2-7-5-3-4-6;1-3-2;;/h9-10H,2-8H2,1H3;7H,2-6H2,1H3;3H,1-2H3;2*1H4. The van der Waals surface area contributed by atoms with Gasteiger partial charge in [-0.2, -0.15) is 0 Å². The van der Waals surface area contributed by atoms with Crippen LogP contribution in [0.5, 0.6) is 0 Å². The van der Waals surface area contributed by atoms with Crippen LogP contribution in [0.15, 0.2) is 0 Å². The number of hydrogen-bond acceptors (Lipinski definition) is 6. The summed E-state index contributed by atoms with van der Waals surface area (Å²) in [6, 6.07) is 0. The van der Waals surface area contributed by atoms with Crippen molar-refractivity contribution in [2.24, 2.45) is 11.5 Å². The molecule has 0 bridgehead atoms. The first-order valence-electron chi connectivity index (χ1n) is 7.79. The van der Waals surface area contributed by atoms with Gasteiger partial charge in [0, 0.05) is 0 Å². The van der Waals surface area contributed by atoms with Crippen molar-refractivity contribution in [3.8, 4) is 0 Å². The van der Waals surface area contributed by atoms with Crippen LogP contribution in [0.4, 0.5) is 0 Å². The van der Waals surface area contributed by atoms with E-state index in [4.69, 9.17) is 11.5 Å². The fourth-order valence-electron chi connectivity index (χ4n) is 1.15. The summed E-state index contributed by atoms with van der Waals surface area (Å²) in [6.45, 7) is 9.05. The van der Waals surface area contributed by atoms with Crippen LogP contribution in [0, 0.1) is 0 Å². The number of hydrogen-bond donors (Lipinski definition) is 6. The molecule has 0 heterocycles. The normalized spacial score (nSPS) is 8.45. The molecule has 0 fully saturated rings. The SMILES string of the molecule is C.C.CCNCCCN.CNC.CNCCCNCCCN. The highest BCUT2D eigenvalue weighted by Gasteiger charge is 1.85. The molecule has 0 amide bonds. The van der Waals surface area contributed by atoms with Gasteiger partial charge in [0.05, 0.1) is 0 Å². The topological polar surface area (TPSA) is 100 Å². The van der Waals surface area contributed by atoms with Gasteiger partial charge in [-0.1, -0.05) is 21.8 Å². The minimum absolute atomic E-state index is 0. The predicted octanol–water partition coefficient (Wildman–Crippen LogP) is 0.587. The maximum Gasteiger partial charge on any atom is -0.00368 e. The second-order valence-corrected chi connectivity index (χ2v) is 4.35. The van der Waals surface area contributed by atoms with Crippen molar-refractivity contribution in [3.05, 3.63) is 0 Å². The fourth-order valence-corrected chi connectivity index (χ4v) is 1.15. The molecular weight excluding hydrogens is 276 g/mol. The van der Waals surface area contributed by atoms with E-state index in [2.05, 4.69) is 28.2 Å². The smallest absolute Gasteiger partial charge is 0.00368 e. The Kier molecular flexibility index (Phi) is 65.0. The van der Waals surface area contributed by atoms with Crippen LogP contribution < -0.4 is 32.7 Å². The van der Waals surface area contributed by atoms with Crippen molar-refractivity contribution < 1.29 is 0 Å². The molecule has 0 saturated heterocycles. The molecule has 0 rings (SSSR count).